The molecular weight excluding hydrogens is 342 g/mol. The van der Waals surface area contributed by atoms with Crippen LogP contribution in [0.2, 0.25) is 0 Å². The second-order valence-electron chi connectivity index (χ2n) is 6.94. The van der Waals surface area contributed by atoms with Crippen LogP contribution in [0.25, 0.3) is 0 Å². The summed E-state index contributed by atoms with van der Waals surface area (Å²) in [6, 6.07) is 6.93. The van der Waals surface area contributed by atoms with Crippen LogP contribution < -0.4 is 5.32 Å². The Hall–Kier alpha value is -1.92. The van der Waals surface area contributed by atoms with Crippen molar-refractivity contribution in [2.45, 2.75) is 52.7 Å². The molecule has 0 saturated carbocycles. The number of hydrogen-bond donors (Lipinski definition) is 1. The number of hydrogen-bond acceptors (Lipinski definition) is 4. The minimum Gasteiger partial charge on any atom is -0.377 e. The van der Waals surface area contributed by atoms with E-state index in [1.54, 1.807) is 17.0 Å². The van der Waals surface area contributed by atoms with Gasteiger partial charge >= 0.3 is 0 Å². The summed E-state index contributed by atoms with van der Waals surface area (Å²) >= 11 is 0. The lowest BCUT2D eigenvalue weighted by Gasteiger charge is -2.35. The molecule has 1 saturated heterocycles. The standard InChI is InChI=1S/C21H33N3O3/c1-5-23(6-2)21(26)17-10-8-11-18(14-17)22-20(25)16(4)24-13-9-12-19(15-24)27-7-3/h8,10-11,14,16,19H,5-7,9,12-13,15H2,1-4H3,(H,22,25). The second-order valence-corrected chi connectivity index (χ2v) is 6.94. The molecule has 0 spiro atoms. The summed E-state index contributed by atoms with van der Waals surface area (Å²) in [7, 11) is 0. The summed E-state index contributed by atoms with van der Waals surface area (Å²) in [5.74, 6) is -0.0701. The highest BCUT2D eigenvalue weighted by atomic mass is 16.5. The molecule has 2 atom stereocenters. The first-order valence-corrected chi connectivity index (χ1v) is 10.1. The SMILES string of the molecule is CCOC1CCCN(C(C)C(=O)Nc2cccc(C(=O)N(CC)CC)c2)C1. The lowest BCUT2D eigenvalue weighted by Crippen LogP contribution is -2.49. The number of ether oxygens (including phenoxy) is 1. The first kappa shape index (κ1) is 21.4. The molecule has 1 aliphatic heterocycles. The smallest absolute Gasteiger partial charge is 0.253 e. The van der Waals surface area contributed by atoms with Crippen molar-refractivity contribution in [2.75, 3.05) is 38.1 Å². The van der Waals surface area contributed by atoms with Gasteiger partial charge in [-0.1, -0.05) is 6.07 Å². The Labute approximate surface area is 162 Å². The van der Waals surface area contributed by atoms with Crippen molar-refractivity contribution in [3.8, 4) is 0 Å². The number of likely N-dealkylation sites (tertiary alicyclic amines) is 1. The van der Waals surface area contributed by atoms with E-state index in [2.05, 4.69) is 10.2 Å². The minimum atomic E-state index is -0.240. The van der Waals surface area contributed by atoms with Crippen molar-refractivity contribution in [1.29, 1.82) is 0 Å². The Morgan fingerprint density at radius 1 is 1.30 bits per heavy atom. The Bertz CT molecular complexity index is 629. The molecule has 1 aliphatic rings. The van der Waals surface area contributed by atoms with Crippen LogP contribution in [0.15, 0.2) is 24.3 Å². The Kier molecular flexibility index (Phi) is 8.25. The molecule has 0 radical (unpaired) electrons. The number of carbonyl (C=O) groups is 2. The monoisotopic (exact) mass is 375 g/mol. The van der Waals surface area contributed by atoms with Gasteiger partial charge in [0.2, 0.25) is 5.91 Å². The predicted octanol–water partition coefficient (Wildman–Crippen LogP) is 3.00. The highest BCUT2D eigenvalue weighted by Crippen LogP contribution is 2.18. The number of piperidine rings is 1. The predicted molar refractivity (Wildman–Crippen MR) is 108 cm³/mol. The van der Waals surface area contributed by atoms with Crippen LogP contribution in [-0.4, -0.2) is 66.5 Å². The molecule has 1 fully saturated rings. The van der Waals surface area contributed by atoms with Crippen molar-refractivity contribution < 1.29 is 14.3 Å². The average Bonchev–Trinajstić information content (AvgIpc) is 2.69. The maximum Gasteiger partial charge on any atom is 0.253 e. The van der Waals surface area contributed by atoms with Crippen LogP contribution in [-0.2, 0) is 9.53 Å². The van der Waals surface area contributed by atoms with Crippen LogP contribution in [0.4, 0.5) is 5.69 Å². The molecular formula is C21H33N3O3. The number of rotatable bonds is 8. The molecule has 2 amide bonds. The average molecular weight is 376 g/mol. The van der Waals surface area contributed by atoms with Gasteiger partial charge in [-0.3, -0.25) is 14.5 Å². The van der Waals surface area contributed by atoms with Crippen molar-refractivity contribution >= 4 is 17.5 Å². The van der Waals surface area contributed by atoms with E-state index in [4.69, 9.17) is 4.74 Å². The summed E-state index contributed by atoms with van der Waals surface area (Å²) in [4.78, 5) is 29.2. The van der Waals surface area contributed by atoms with Crippen LogP contribution >= 0.6 is 0 Å². The van der Waals surface area contributed by atoms with Crippen LogP contribution in [0.1, 0.15) is 50.9 Å². The molecule has 1 N–H and O–H groups in total. The van der Waals surface area contributed by atoms with Gasteiger partial charge in [-0.15, -0.1) is 0 Å². The lowest BCUT2D eigenvalue weighted by molar-refractivity contribution is -0.122. The number of nitrogens with zero attached hydrogens (tertiary/aromatic N) is 2. The van der Waals surface area contributed by atoms with Gasteiger partial charge in [-0.05, 0) is 65.3 Å². The van der Waals surface area contributed by atoms with Gasteiger partial charge in [0.1, 0.15) is 0 Å². The van der Waals surface area contributed by atoms with E-state index in [1.165, 1.54) is 0 Å². The Morgan fingerprint density at radius 2 is 2.04 bits per heavy atom. The summed E-state index contributed by atoms with van der Waals surface area (Å²) < 4.78 is 5.73. The highest BCUT2D eigenvalue weighted by molar-refractivity contribution is 5.98. The number of nitrogens with one attached hydrogen (secondary N) is 1. The number of anilines is 1. The molecule has 0 aliphatic carbocycles. The van der Waals surface area contributed by atoms with Crippen LogP contribution in [0, 0.1) is 0 Å². The molecule has 0 bridgehead atoms. The summed E-state index contributed by atoms with van der Waals surface area (Å²) in [5, 5.41) is 2.96. The van der Waals surface area contributed by atoms with Gasteiger partial charge < -0.3 is 15.0 Å². The molecule has 2 unspecified atom stereocenters. The van der Waals surface area contributed by atoms with Crippen molar-refractivity contribution in [1.82, 2.24) is 9.80 Å². The number of benzene rings is 1. The number of carbonyl (C=O) groups excluding carboxylic acids is 2. The molecule has 2 rings (SSSR count). The van der Waals surface area contributed by atoms with Gasteiger partial charge in [0.15, 0.2) is 0 Å². The third-order valence-corrected chi connectivity index (χ3v) is 5.17. The topological polar surface area (TPSA) is 61.9 Å². The zero-order chi connectivity index (χ0) is 19.8. The van der Waals surface area contributed by atoms with Gasteiger partial charge in [-0.2, -0.15) is 0 Å². The van der Waals surface area contributed by atoms with Gasteiger partial charge in [0.25, 0.3) is 5.91 Å². The van der Waals surface area contributed by atoms with Crippen molar-refractivity contribution in [3.05, 3.63) is 29.8 Å². The molecule has 1 aromatic rings. The Balaban J connectivity index is 2.00. The second kappa shape index (κ2) is 10.4. The third-order valence-electron chi connectivity index (χ3n) is 5.17. The van der Waals surface area contributed by atoms with E-state index in [-0.39, 0.29) is 24.0 Å². The molecule has 6 nitrogen and oxygen atoms in total. The molecule has 150 valence electrons. The maximum atomic E-state index is 12.7. The molecule has 6 heteroatoms. The van der Waals surface area contributed by atoms with E-state index in [9.17, 15) is 9.59 Å². The van der Waals surface area contributed by atoms with Gasteiger partial charge in [0.05, 0.1) is 12.1 Å². The summed E-state index contributed by atoms with van der Waals surface area (Å²) in [6.45, 7) is 11.6. The van der Waals surface area contributed by atoms with Crippen molar-refractivity contribution in [2.24, 2.45) is 0 Å². The van der Waals surface area contributed by atoms with Crippen LogP contribution in [0.5, 0.6) is 0 Å². The van der Waals surface area contributed by atoms with Gasteiger partial charge in [-0.25, -0.2) is 0 Å². The summed E-state index contributed by atoms with van der Waals surface area (Å²) in [5.41, 5.74) is 1.25. The van der Waals surface area contributed by atoms with E-state index in [0.29, 0.717) is 30.9 Å². The number of amides is 2. The normalized spacial score (nSPS) is 18.7. The zero-order valence-corrected chi connectivity index (χ0v) is 17.0. The van der Waals surface area contributed by atoms with Crippen LogP contribution in [0.3, 0.4) is 0 Å². The zero-order valence-electron chi connectivity index (χ0n) is 17.0. The minimum absolute atomic E-state index is 0.0141. The van der Waals surface area contributed by atoms with Crippen molar-refractivity contribution in [3.63, 3.8) is 0 Å². The highest BCUT2D eigenvalue weighted by Gasteiger charge is 2.27. The summed E-state index contributed by atoms with van der Waals surface area (Å²) in [6.07, 6.45) is 2.29. The van der Waals surface area contributed by atoms with E-state index < -0.39 is 0 Å². The molecule has 1 heterocycles. The van der Waals surface area contributed by atoms with E-state index in [0.717, 1.165) is 25.9 Å². The first-order valence-electron chi connectivity index (χ1n) is 10.1. The van der Waals surface area contributed by atoms with E-state index >= 15 is 0 Å². The Morgan fingerprint density at radius 3 is 2.70 bits per heavy atom. The largest absolute Gasteiger partial charge is 0.377 e. The fourth-order valence-electron chi connectivity index (χ4n) is 3.53. The quantitative estimate of drug-likeness (QED) is 0.759. The third kappa shape index (κ3) is 5.78. The fraction of sp³-hybridized carbons (Fsp3) is 0.619. The van der Waals surface area contributed by atoms with Gasteiger partial charge in [0, 0.05) is 37.5 Å². The van der Waals surface area contributed by atoms with E-state index in [1.807, 2.05) is 39.8 Å². The molecule has 0 aromatic heterocycles. The molecule has 1 aromatic carbocycles. The first-order chi connectivity index (χ1) is 13.0. The lowest BCUT2D eigenvalue weighted by atomic mass is 10.1. The fourth-order valence-corrected chi connectivity index (χ4v) is 3.53. The molecule has 27 heavy (non-hydrogen) atoms. The maximum absolute atomic E-state index is 12.7.